The zero-order valence-electron chi connectivity index (χ0n) is 12.5. The van der Waals surface area contributed by atoms with Crippen molar-refractivity contribution in [2.45, 2.75) is 53.0 Å². The Kier molecular flexibility index (Phi) is 5.20. The zero-order chi connectivity index (χ0) is 14.6. The van der Waals surface area contributed by atoms with E-state index in [9.17, 15) is 9.59 Å². The lowest BCUT2D eigenvalue weighted by atomic mass is 9.82. The van der Waals surface area contributed by atoms with Crippen LogP contribution in [0.3, 0.4) is 0 Å². The van der Waals surface area contributed by atoms with Gasteiger partial charge in [0.05, 0.1) is 0 Å². The Hall–Kier alpha value is -1.26. The summed E-state index contributed by atoms with van der Waals surface area (Å²) in [4.78, 5) is 26.5. The van der Waals surface area contributed by atoms with Crippen LogP contribution in [-0.4, -0.2) is 52.6 Å². The van der Waals surface area contributed by atoms with Gasteiger partial charge in [-0.1, -0.05) is 13.8 Å². The molecule has 1 fully saturated rings. The average Bonchev–Trinajstić information content (AvgIpc) is 2.79. The molecule has 0 saturated carbocycles. The Morgan fingerprint density at radius 1 is 1.32 bits per heavy atom. The molecule has 0 aliphatic carbocycles. The molecular formula is C14H26N2O3. The van der Waals surface area contributed by atoms with Crippen LogP contribution in [0.2, 0.25) is 0 Å². The van der Waals surface area contributed by atoms with Crippen molar-refractivity contribution in [2.24, 2.45) is 5.41 Å². The minimum Gasteiger partial charge on any atom is -0.480 e. The first-order valence-electron chi connectivity index (χ1n) is 7.12. The number of carbonyl (C=O) groups excluding carboxylic acids is 1. The summed E-state index contributed by atoms with van der Waals surface area (Å²) in [7, 11) is 0. The van der Waals surface area contributed by atoms with Crippen LogP contribution in [0.5, 0.6) is 0 Å². The van der Waals surface area contributed by atoms with E-state index in [0.717, 1.165) is 32.4 Å². The smallest absolute Gasteiger partial charge is 0.323 e. The Morgan fingerprint density at radius 2 is 1.89 bits per heavy atom. The van der Waals surface area contributed by atoms with Gasteiger partial charge in [0.25, 0.3) is 0 Å². The molecule has 19 heavy (non-hydrogen) atoms. The Bertz CT molecular complexity index is 338. The molecule has 1 aliphatic rings. The summed E-state index contributed by atoms with van der Waals surface area (Å²) in [6.45, 7) is 9.29. The van der Waals surface area contributed by atoms with Gasteiger partial charge in [-0.25, -0.2) is 4.79 Å². The number of carboxylic acid groups (broad SMARTS) is 1. The van der Waals surface area contributed by atoms with E-state index in [2.05, 4.69) is 13.8 Å². The van der Waals surface area contributed by atoms with E-state index in [1.165, 1.54) is 4.90 Å². The second-order valence-electron chi connectivity index (χ2n) is 5.78. The number of aliphatic carboxylic acids is 1. The summed E-state index contributed by atoms with van der Waals surface area (Å²) in [5.74, 6) is -0.960. The molecule has 0 radical (unpaired) electrons. The SMILES string of the molecule is CCC1(CC)CCN(C(=O)N(CC(=O)O)C(C)C)C1. The summed E-state index contributed by atoms with van der Waals surface area (Å²) >= 11 is 0. The van der Waals surface area contributed by atoms with E-state index >= 15 is 0 Å². The minimum atomic E-state index is -0.960. The molecule has 1 aliphatic heterocycles. The van der Waals surface area contributed by atoms with Crippen molar-refractivity contribution in [1.82, 2.24) is 9.80 Å². The molecule has 0 aromatic rings. The van der Waals surface area contributed by atoms with E-state index < -0.39 is 5.97 Å². The molecule has 5 heteroatoms. The molecule has 1 rings (SSSR count). The first-order chi connectivity index (χ1) is 8.85. The lowest BCUT2D eigenvalue weighted by molar-refractivity contribution is -0.138. The molecule has 0 spiro atoms. The molecule has 1 N–H and O–H groups in total. The number of carbonyl (C=O) groups is 2. The first-order valence-corrected chi connectivity index (χ1v) is 7.12. The molecule has 0 unspecified atom stereocenters. The van der Waals surface area contributed by atoms with Gasteiger partial charge in [-0.15, -0.1) is 0 Å². The fraction of sp³-hybridized carbons (Fsp3) is 0.857. The highest BCUT2D eigenvalue weighted by Crippen LogP contribution is 2.37. The Balaban J connectivity index is 2.74. The van der Waals surface area contributed by atoms with Crippen molar-refractivity contribution in [2.75, 3.05) is 19.6 Å². The van der Waals surface area contributed by atoms with Gasteiger partial charge in [-0.2, -0.15) is 0 Å². The van der Waals surface area contributed by atoms with Crippen molar-refractivity contribution in [3.8, 4) is 0 Å². The van der Waals surface area contributed by atoms with Crippen LogP contribution in [0.15, 0.2) is 0 Å². The van der Waals surface area contributed by atoms with Crippen molar-refractivity contribution in [3.63, 3.8) is 0 Å². The van der Waals surface area contributed by atoms with Gasteiger partial charge in [-0.3, -0.25) is 4.79 Å². The van der Waals surface area contributed by atoms with Crippen LogP contribution in [0.1, 0.15) is 47.0 Å². The number of nitrogens with zero attached hydrogens (tertiary/aromatic N) is 2. The molecule has 0 aromatic heterocycles. The van der Waals surface area contributed by atoms with Gasteiger partial charge in [0.1, 0.15) is 6.54 Å². The molecule has 110 valence electrons. The maximum atomic E-state index is 12.4. The summed E-state index contributed by atoms with van der Waals surface area (Å²) in [6, 6.07) is -0.233. The summed E-state index contributed by atoms with van der Waals surface area (Å²) in [6.07, 6.45) is 3.15. The number of urea groups is 1. The monoisotopic (exact) mass is 270 g/mol. The standard InChI is InChI=1S/C14H26N2O3/c1-5-14(6-2)7-8-15(10-14)13(19)16(11(3)4)9-12(17)18/h11H,5-10H2,1-4H3,(H,17,18). The summed E-state index contributed by atoms with van der Waals surface area (Å²) in [5.41, 5.74) is 0.224. The van der Waals surface area contributed by atoms with Gasteiger partial charge in [-0.05, 0) is 38.5 Å². The van der Waals surface area contributed by atoms with Gasteiger partial charge in [0.15, 0.2) is 0 Å². The van der Waals surface area contributed by atoms with Gasteiger partial charge >= 0.3 is 12.0 Å². The maximum Gasteiger partial charge on any atom is 0.323 e. The summed E-state index contributed by atoms with van der Waals surface area (Å²) in [5, 5.41) is 8.91. The van der Waals surface area contributed by atoms with Crippen LogP contribution < -0.4 is 0 Å². The average molecular weight is 270 g/mol. The third kappa shape index (κ3) is 3.61. The first kappa shape index (κ1) is 15.8. The molecule has 0 aromatic carbocycles. The van der Waals surface area contributed by atoms with E-state index in [1.54, 1.807) is 0 Å². The van der Waals surface area contributed by atoms with Crippen LogP contribution in [0.4, 0.5) is 4.79 Å². The van der Waals surface area contributed by atoms with Crippen LogP contribution in [-0.2, 0) is 4.79 Å². The number of amides is 2. The van der Waals surface area contributed by atoms with Gasteiger partial charge in [0, 0.05) is 19.1 Å². The second-order valence-corrected chi connectivity index (χ2v) is 5.78. The number of rotatable bonds is 5. The highest BCUT2D eigenvalue weighted by molar-refractivity contribution is 5.80. The molecular weight excluding hydrogens is 244 g/mol. The van der Waals surface area contributed by atoms with Gasteiger partial charge in [0.2, 0.25) is 0 Å². The quantitative estimate of drug-likeness (QED) is 0.834. The highest BCUT2D eigenvalue weighted by Gasteiger charge is 2.39. The van der Waals surface area contributed by atoms with E-state index in [-0.39, 0.29) is 24.0 Å². The maximum absolute atomic E-state index is 12.4. The largest absolute Gasteiger partial charge is 0.480 e. The van der Waals surface area contributed by atoms with Crippen molar-refractivity contribution >= 4 is 12.0 Å². The predicted octanol–water partition coefficient (Wildman–Crippen LogP) is 2.41. The summed E-state index contributed by atoms with van der Waals surface area (Å²) < 4.78 is 0. The van der Waals surface area contributed by atoms with E-state index in [4.69, 9.17) is 5.11 Å². The number of likely N-dealkylation sites (tertiary alicyclic amines) is 1. The highest BCUT2D eigenvalue weighted by atomic mass is 16.4. The molecule has 0 atom stereocenters. The van der Waals surface area contributed by atoms with Crippen LogP contribution >= 0.6 is 0 Å². The fourth-order valence-corrected chi connectivity index (χ4v) is 2.72. The molecule has 1 heterocycles. The molecule has 1 saturated heterocycles. The zero-order valence-corrected chi connectivity index (χ0v) is 12.5. The number of hydrogen-bond donors (Lipinski definition) is 1. The number of hydrogen-bond acceptors (Lipinski definition) is 2. The van der Waals surface area contributed by atoms with E-state index in [1.807, 2.05) is 18.7 Å². The predicted molar refractivity (Wildman–Crippen MR) is 74.1 cm³/mol. The molecule has 0 bridgehead atoms. The topological polar surface area (TPSA) is 60.9 Å². The van der Waals surface area contributed by atoms with Crippen molar-refractivity contribution in [3.05, 3.63) is 0 Å². The van der Waals surface area contributed by atoms with Crippen molar-refractivity contribution in [1.29, 1.82) is 0 Å². The Morgan fingerprint density at radius 3 is 2.26 bits per heavy atom. The Labute approximate surface area is 115 Å². The third-order valence-corrected chi connectivity index (χ3v) is 4.38. The molecule has 2 amide bonds. The van der Waals surface area contributed by atoms with Crippen LogP contribution in [0, 0.1) is 5.41 Å². The van der Waals surface area contributed by atoms with Crippen LogP contribution in [0.25, 0.3) is 0 Å². The molecule has 5 nitrogen and oxygen atoms in total. The minimum absolute atomic E-state index is 0.0955. The second kappa shape index (κ2) is 6.26. The van der Waals surface area contributed by atoms with Gasteiger partial charge < -0.3 is 14.9 Å². The normalized spacial score (nSPS) is 17.8. The lowest BCUT2D eigenvalue weighted by Gasteiger charge is -2.31. The van der Waals surface area contributed by atoms with Crippen molar-refractivity contribution < 1.29 is 14.7 Å². The number of carboxylic acids is 1. The fourth-order valence-electron chi connectivity index (χ4n) is 2.72. The lowest BCUT2D eigenvalue weighted by Crippen LogP contribution is -2.48. The third-order valence-electron chi connectivity index (χ3n) is 4.38. The van der Waals surface area contributed by atoms with E-state index in [0.29, 0.717) is 0 Å².